The molecule has 1 fully saturated rings. The Labute approximate surface area is 166 Å². The molecule has 29 heavy (non-hydrogen) atoms. The second-order valence-electron chi connectivity index (χ2n) is 6.97. The number of benzene rings is 2. The Hall–Kier alpha value is -2.61. The standard InChI is InChI=1S/C21H22F4N2O2/c22-19-7-2-1-5-16(19)13-26-11-10-17-8-9-20(28)27(17)14-15-4-3-6-18(12-15)29-21(23,24)25/h1-7,12,17,26H,8-11,13-14H2/t17-/m0/s1. The van der Waals surface area contributed by atoms with Crippen LogP contribution in [0.5, 0.6) is 5.75 Å². The highest BCUT2D eigenvalue weighted by molar-refractivity contribution is 5.78. The lowest BCUT2D eigenvalue weighted by Crippen LogP contribution is -2.34. The Morgan fingerprint density at radius 1 is 1.14 bits per heavy atom. The molecular formula is C21H22F4N2O2. The molecular weight excluding hydrogens is 388 g/mol. The van der Waals surface area contributed by atoms with Gasteiger partial charge < -0.3 is 15.0 Å². The number of carbonyl (C=O) groups excluding carboxylic acids is 1. The fourth-order valence-corrected chi connectivity index (χ4v) is 3.48. The molecule has 1 aliphatic heterocycles. The summed E-state index contributed by atoms with van der Waals surface area (Å²) >= 11 is 0. The van der Waals surface area contributed by atoms with E-state index in [1.165, 1.54) is 24.3 Å². The average Bonchev–Trinajstić information content (AvgIpc) is 2.99. The molecule has 0 aromatic heterocycles. The molecule has 0 aliphatic carbocycles. The molecule has 0 saturated carbocycles. The lowest BCUT2D eigenvalue weighted by atomic mass is 10.1. The maximum Gasteiger partial charge on any atom is 0.573 e. The molecule has 3 rings (SSSR count). The fourth-order valence-electron chi connectivity index (χ4n) is 3.48. The van der Waals surface area contributed by atoms with Gasteiger partial charge in [0.15, 0.2) is 0 Å². The summed E-state index contributed by atoms with van der Waals surface area (Å²) in [6, 6.07) is 12.2. The highest BCUT2D eigenvalue weighted by Gasteiger charge is 2.32. The van der Waals surface area contributed by atoms with Crippen LogP contribution in [-0.4, -0.2) is 29.8 Å². The Kier molecular flexibility index (Phi) is 6.74. The number of halogens is 4. The number of amides is 1. The minimum absolute atomic E-state index is 0.0113. The van der Waals surface area contributed by atoms with Crippen LogP contribution in [0, 0.1) is 5.82 Å². The zero-order chi connectivity index (χ0) is 20.9. The van der Waals surface area contributed by atoms with Gasteiger partial charge in [0.1, 0.15) is 11.6 Å². The summed E-state index contributed by atoms with van der Waals surface area (Å²) in [6.07, 6.45) is -2.97. The zero-order valence-corrected chi connectivity index (χ0v) is 15.7. The van der Waals surface area contributed by atoms with Gasteiger partial charge >= 0.3 is 6.36 Å². The Morgan fingerprint density at radius 3 is 2.69 bits per heavy atom. The molecule has 2 aromatic carbocycles. The van der Waals surface area contributed by atoms with E-state index >= 15 is 0 Å². The van der Waals surface area contributed by atoms with Crippen molar-refractivity contribution < 1.29 is 27.1 Å². The average molecular weight is 410 g/mol. The first-order valence-corrected chi connectivity index (χ1v) is 9.40. The molecule has 0 spiro atoms. The van der Waals surface area contributed by atoms with Crippen molar-refractivity contribution in [3.63, 3.8) is 0 Å². The van der Waals surface area contributed by atoms with E-state index in [-0.39, 0.29) is 30.1 Å². The van der Waals surface area contributed by atoms with Crippen molar-refractivity contribution in [1.29, 1.82) is 0 Å². The van der Waals surface area contributed by atoms with Gasteiger partial charge in [-0.15, -0.1) is 13.2 Å². The van der Waals surface area contributed by atoms with Crippen LogP contribution >= 0.6 is 0 Å². The van der Waals surface area contributed by atoms with Gasteiger partial charge in [-0.3, -0.25) is 4.79 Å². The molecule has 1 heterocycles. The van der Waals surface area contributed by atoms with Gasteiger partial charge in [0.2, 0.25) is 5.91 Å². The second kappa shape index (κ2) is 9.26. The van der Waals surface area contributed by atoms with Gasteiger partial charge in [-0.05, 0) is 43.1 Å². The lowest BCUT2D eigenvalue weighted by molar-refractivity contribution is -0.274. The topological polar surface area (TPSA) is 41.6 Å². The maximum absolute atomic E-state index is 13.6. The molecule has 8 heteroatoms. The number of hydrogen-bond acceptors (Lipinski definition) is 3. The molecule has 156 valence electrons. The molecule has 0 radical (unpaired) electrons. The Morgan fingerprint density at radius 2 is 1.93 bits per heavy atom. The molecule has 1 saturated heterocycles. The molecule has 0 unspecified atom stereocenters. The van der Waals surface area contributed by atoms with Crippen LogP contribution in [0.15, 0.2) is 48.5 Å². The van der Waals surface area contributed by atoms with Gasteiger partial charge in [-0.1, -0.05) is 30.3 Å². The van der Waals surface area contributed by atoms with Crippen molar-refractivity contribution in [3.05, 3.63) is 65.5 Å². The molecule has 4 nitrogen and oxygen atoms in total. The largest absolute Gasteiger partial charge is 0.573 e. The number of ether oxygens (including phenoxy) is 1. The summed E-state index contributed by atoms with van der Waals surface area (Å²) in [6.45, 7) is 1.22. The normalized spacial score (nSPS) is 17.0. The first-order chi connectivity index (χ1) is 13.8. The lowest BCUT2D eigenvalue weighted by Gasteiger charge is -2.25. The smallest absolute Gasteiger partial charge is 0.406 e. The maximum atomic E-state index is 13.6. The third-order valence-corrected chi connectivity index (χ3v) is 4.87. The van der Waals surface area contributed by atoms with E-state index in [2.05, 4.69) is 10.1 Å². The predicted octanol–water partition coefficient (Wildman–Crippen LogP) is 4.40. The van der Waals surface area contributed by atoms with Crippen LogP contribution in [0.1, 0.15) is 30.4 Å². The molecule has 1 N–H and O–H groups in total. The van der Waals surface area contributed by atoms with Crippen LogP contribution in [0.3, 0.4) is 0 Å². The summed E-state index contributed by atoms with van der Waals surface area (Å²) in [5, 5.41) is 3.18. The number of rotatable bonds is 8. The van der Waals surface area contributed by atoms with Crippen LogP contribution in [0.25, 0.3) is 0 Å². The second-order valence-corrected chi connectivity index (χ2v) is 6.97. The molecule has 1 atom stereocenters. The summed E-state index contributed by atoms with van der Waals surface area (Å²) < 4.78 is 54.8. The van der Waals surface area contributed by atoms with E-state index in [9.17, 15) is 22.4 Å². The Balaban J connectivity index is 1.54. The highest BCUT2D eigenvalue weighted by Crippen LogP contribution is 2.27. The van der Waals surface area contributed by atoms with Crippen LogP contribution < -0.4 is 10.1 Å². The minimum Gasteiger partial charge on any atom is -0.406 e. The van der Waals surface area contributed by atoms with Gasteiger partial charge in [0.05, 0.1) is 0 Å². The van der Waals surface area contributed by atoms with E-state index in [1.807, 2.05) is 0 Å². The van der Waals surface area contributed by atoms with Crippen molar-refractivity contribution >= 4 is 5.91 Å². The molecule has 0 bridgehead atoms. The third kappa shape index (κ3) is 6.19. The number of alkyl halides is 3. The summed E-state index contributed by atoms with van der Waals surface area (Å²) in [5.41, 5.74) is 1.15. The van der Waals surface area contributed by atoms with Crippen molar-refractivity contribution in [2.24, 2.45) is 0 Å². The number of likely N-dealkylation sites (tertiary alicyclic amines) is 1. The first-order valence-electron chi connectivity index (χ1n) is 9.40. The number of nitrogens with one attached hydrogen (secondary N) is 1. The predicted molar refractivity (Wildman–Crippen MR) is 99.4 cm³/mol. The fraction of sp³-hybridized carbons (Fsp3) is 0.381. The molecule has 1 amide bonds. The van der Waals surface area contributed by atoms with Crippen LogP contribution in [-0.2, 0) is 17.9 Å². The first kappa shape index (κ1) is 21.1. The zero-order valence-electron chi connectivity index (χ0n) is 15.7. The van der Waals surface area contributed by atoms with Crippen LogP contribution in [0.4, 0.5) is 17.6 Å². The van der Waals surface area contributed by atoms with E-state index in [0.717, 1.165) is 0 Å². The van der Waals surface area contributed by atoms with Gasteiger partial charge in [0, 0.05) is 31.1 Å². The van der Waals surface area contributed by atoms with Crippen molar-refractivity contribution in [2.45, 2.75) is 44.8 Å². The van der Waals surface area contributed by atoms with E-state index in [4.69, 9.17) is 0 Å². The SMILES string of the molecule is O=C1CC[C@@H](CCNCc2ccccc2F)N1Cc1cccc(OC(F)(F)F)c1. The highest BCUT2D eigenvalue weighted by atomic mass is 19.4. The number of hydrogen-bond donors (Lipinski definition) is 1. The molecule has 2 aromatic rings. The number of carbonyl (C=O) groups is 1. The monoisotopic (exact) mass is 410 g/mol. The molecule has 1 aliphatic rings. The summed E-state index contributed by atoms with van der Waals surface area (Å²) in [5.74, 6) is -0.588. The Bertz CT molecular complexity index is 841. The number of nitrogens with zero attached hydrogens (tertiary/aromatic N) is 1. The van der Waals surface area contributed by atoms with Crippen molar-refractivity contribution in [1.82, 2.24) is 10.2 Å². The van der Waals surface area contributed by atoms with Gasteiger partial charge in [0.25, 0.3) is 0 Å². The summed E-state index contributed by atoms with van der Waals surface area (Å²) in [7, 11) is 0. The van der Waals surface area contributed by atoms with Crippen molar-refractivity contribution in [2.75, 3.05) is 6.54 Å². The summed E-state index contributed by atoms with van der Waals surface area (Å²) in [4.78, 5) is 13.9. The van der Waals surface area contributed by atoms with Gasteiger partial charge in [-0.25, -0.2) is 4.39 Å². The van der Waals surface area contributed by atoms with Crippen molar-refractivity contribution in [3.8, 4) is 5.75 Å². The van der Waals surface area contributed by atoms with E-state index in [1.54, 1.807) is 29.2 Å². The van der Waals surface area contributed by atoms with E-state index < -0.39 is 6.36 Å². The van der Waals surface area contributed by atoms with Crippen LogP contribution in [0.2, 0.25) is 0 Å². The third-order valence-electron chi connectivity index (χ3n) is 4.87. The van der Waals surface area contributed by atoms with E-state index in [0.29, 0.717) is 43.5 Å². The minimum atomic E-state index is -4.76. The quantitative estimate of drug-likeness (QED) is 0.518. The van der Waals surface area contributed by atoms with Gasteiger partial charge in [-0.2, -0.15) is 0 Å².